The van der Waals surface area contributed by atoms with E-state index in [9.17, 15) is 9.59 Å². The molecule has 0 spiro atoms. The van der Waals surface area contributed by atoms with Gasteiger partial charge in [-0.3, -0.25) is 0 Å². The Kier molecular flexibility index (Phi) is 6.65. The van der Waals surface area contributed by atoms with Crippen molar-refractivity contribution < 1.29 is 19.1 Å². The molecule has 0 unspecified atom stereocenters. The van der Waals surface area contributed by atoms with Gasteiger partial charge >= 0.3 is 12.1 Å². The maximum atomic E-state index is 11.9. The molecule has 2 aromatic rings. The highest BCUT2D eigenvalue weighted by Crippen LogP contribution is 2.16. The minimum Gasteiger partial charge on any atom is -0.467 e. The first-order valence-corrected chi connectivity index (χ1v) is 7.73. The molecule has 0 heterocycles. The van der Waals surface area contributed by atoms with Crippen molar-refractivity contribution >= 4 is 23.4 Å². The van der Waals surface area contributed by atoms with Crippen molar-refractivity contribution in [1.82, 2.24) is 5.32 Å². The minimum absolute atomic E-state index is 0.111. The number of benzene rings is 2. The Labute approximate surface area is 146 Å². The lowest BCUT2D eigenvalue weighted by Crippen LogP contribution is -2.46. The lowest BCUT2D eigenvalue weighted by molar-refractivity contribution is -0.142. The zero-order chi connectivity index (χ0) is 18.1. The summed E-state index contributed by atoms with van der Waals surface area (Å²) in [5, 5.41) is 5.50. The quantitative estimate of drug-likeness (QED) is 0.526. The van der Waals surface area contributed by atoms with E-state index in [0.29, 0.717) is 11.4 Å². The number of amides is 1. The maximum Gasteiger partial charge on any atom is 0.408 e. The predicted octanol–water partition coefficient (Wildman–Crippen LogP) is 2.15. The third-order valence-corrected chi connectivity index (χ3v) is 3.45. The molecule has 1 atom stereocenters. The molecule has 0 radical (unpaired) electrons. The first-order chi connectivity index (χ1) is 12.1. The van der Waals surface area contributed by atoms with Crippen LogP contribution in [-0.2, 0) is 20.9 Å². The van der Waals surface area contributed by atoms with Crippen LogP contribution in [0.3, 0.4) is 0 Å². The van der Waals surface area contributed by atoms with Gasteiger partial charge in [-0.05, 0) is 17.7 Å². The Morgan fingerprint density at radius 2 is 1.76 bits per heavy atom. The Balaban J connectivity index is 1.89. The molecule has 4 N–H and O–H groups in total. The zero-order valence-corrected chi connectivity index (χ0v) is 13.9. The molecule has 0 aliphatic heterocycles. The van der Waals surface area contributed by atoms with Gasteiger partial charge in [0.15, 0.2) is 0 Å². The minimum atomic E-state index is -0.909. The summed E-state index contributed by atoms with van der Waals surface area (Å²) in [5.74, 6) is -0.585. The fourth-order valence-corrected chi connectivity index (χ4v) is 2.11. The number of hydrogen-bond donors (Lipinski definition) is 3. The summed E-state index contributed by atoms with van der Waals surface area (Å²) < 4.78 is 9.83. The van der Waals surface area contributed by atoms with Gasteiger partial charge in [0.25, 0.3) is 0 Å². The van der Waals surface area contributed by atoms with E-state index in [4.69, 9.17) is 15.2 Å². The summed E-state index contributed by atoms with van der Waals surface area (Å²) in [7, 11) is 1.25. The van der Waals surface area contributed by atoms with Gasteiger partial charge in [-0.2, -0.15) is 0 Å². The van der Waals surface area contributed by atoms with Crippen molar-refractivity contribution in [2.75, 3.05) is 24.7 Å². The van der Waals surface area contributed by atoms with Crippen molar-refractivity contribution in [2.24, 2.45) is 0 Å². The van der Waals surface area contributed by atoms with E-state index < -0.39 is 18.1 Å². The van der Waals surface area contributed by atoms with E-state index in [-0.39, 0.29) is 13.2 Å². The molecule has 7 nitrogen and oxygen atoms in total. The Morgan fingerprint density at radius 3 is 2.44 bits per heavy atom. The number of alkyl carbamates (subject to hydrolysis) is 1. The highest BCUT2D eigenvalue weighted by molar-refractivity contribution is 5.82. The van der Waals surface area contributed by atoms with Gasteiger partial charge < -0.3 is 25.8 Å². The first-order valence-electron chi connectivity index (χ1n) is 7.73. The standard InChI is InChI=1S/C18H21N3O4/c1-24-17(22)16(11-20-15-10-6-5-9-14(15)19)21-18(23)25-12-13-7-3-2-4-8-13/h2-10,16,20H,11-12,19H2,1H3,(H,21,23)/t16-/m0/s1. The number of anilines is 2. The number of nitrogens with two attached hydrogens (primary N) is 1. The number of carbonyl (C=O) groups excluding carboxylic acids is 2. The van der Waals surface area contributed by atoms with E-state index >= 15 is 0 Å². The molecule has 0 aliphatic carbocycles. The van der Waals surface area contributed by atoms with Gasteiger partial charge in [0, 0.05) is 6.54 Å². The van der Waals surface area contributed by atoms with Crippen LogP contribution in [0, 0.1) is 0 Å². The second-order valence-corrected chi connectivity index (χ2v) is 5.25. The van der Waals surface area contributed by atoms with Gasteiger partial charge in [0.05, 0.1) is 18.5 Å². The average Bonchev–Trinajstić information content (AvgIpc) is 2.64. The summed E-state index contributed by atoms with van der Waals surface area (Å²) in [5.41, 5.74) is 7.89. The van der Waals surface area contributed by atoms with Crippen LogP contribution in [-0.4, -0.2) is 31.8 Å². The maximum absolute atomic E-state index is 11.9. The molecule has 1 amide bonds. The molecule has 25 heavy (non-hydrogen) atoms. The number of ether oxygens (including phenoxy) is 2. The van der Waals surface area contributed by atoms with E-state index in [0.717, 1.165) is 5.56 Å². The SMILES string of the molecule is COC(=O)[C@H](CNc1ccccc1N)NC(=O)OCc1ccccc1. The largest absolute Gasteiger partial charge is 0.467 e. The summed E-state index contributed by atoms with van der Waals surface area (Å²) in [6.07, 6.45) is -0.706. The molecule has 0 saturated heterocycles. The second kappa shape index (κ2) is 9.17. The molecular weight excluding hydrogens is 322 g/mol. The van der Waals surface area contributed by atoms with Crippen molar-refractivity contribution in [3.63, 3.8) is 0 Å². The molecule has 0 aliphatic rings. The van der Waals surface area contributed by atoms with E-state index in [2.05, 4.69) is 10.6 Å². The van der Waals surface area contributed by atoms with Crippen LogP contribution < -0.4 is 16.4 Å². The van der Waals surface area contributed by atoms with Crippen LogP contribution >= 0.6 is 0 Å². The smallest absolute Gasteiger partial charge is 0.408 e. The Morgan fingerprint density at radius 1 is 1.08 bits per heavy atom. The second-order valence-electron chi connectivity index (χ2n) is 5.25. The van der Waals surface area contributed by atoms with Crippen LogP contribution in [0.1, 0.15) is 5.56 Å². The van der Waals surface area contributed by atoms with E-state index in [1.165, 1.54) is 7.11 Å². The van der Waals surface area contributed by atoms with Crippen molar-refractivity contribution in [2.45, 2.75) is 12.6 Å². The fraction of sp³-hybridized carbons (Fsp3) is 0.222. The molecular formula is C18H21N3O4. The van der Waals surface area contributed by atoms with Crippen LogP contribution in [0.4, 0.5) is 16.2 Å². The Hall–Kier alpha value is -3.22. The number of methoxy groups -OCH3 is 1. The number of carbonyl (C=O) groups is 2. The number of nitrogen functional groups attached to an aromatic ring is 1. The third kappa shape index (κ3) is 5.72. The number of esters is 1. The first kappa shape index (κ1) is 18.1. The van der Waals surface area contributed by atoms with Gasteiger partial charge in [0.1, 0.15) is 12.6 Å². The van der Waals surface area contributed by atoms with Crippen LogP contribution in [0.2, 0.25) is 0 Å². The number of para-hydroxylation sites is 2. The van der Waals surface area contributed by atoms with Crippen LogP contribution in [0.5, 0.6) is 0 Å². The number of nitrogens with one attached hydrogen (secondary N) is 2. The molecule has 0 aromatic heterocycles. The summed E-state index contributed by atoms with van der Waals surface area (Å²) >= 11 is 0. The van der Waals surface area contributed by atoms with Crippen molar-refractivity contribution in [3.8, 4) is 0 Å². The highest BCUT2D eigenvalue weighted by Gasteiger charge is 2.22. The molecule has 0 saturated carbocycles. The molecule has 132 valence electrons. The Bertz CT molecular complexity index is 706. The number of hydrogen-bond acceptors (Lipinski definition) is 6. The number of rotatable bonds is 7. The van der Waals surface area contributed by atoms with E-state index in [1.54, 1.807) is 18.2 Å². The monoisotopic (exact) mass is 343 g/mol. The average molecular weight is 343 g/mol. The van der Waals surface area contributed by atoms with Gasteiger partial charge in [-0.25, -0.2) is 9.59 Å². The van der Waals surface area contributed by atoms with Gasteiger partial charge in [0.2, 0.25) is 0 Å². The lowest BCUT2D eigenvalue weighted by atomic mass is 10.2. The normalized spacial score (nSPS) is 11.2. The summed E-state index contributed by atoms with van der Waals surface area (Å²) in [6, 6.07) is 15.5. The van der Waals surface area contributed by atoms with Crippen molar-refractivity contribution in [1.29, 1.82) is 0 Å². The van der Waals surface area contributed by atoms with Crippen molar-refractivity contribution in [3.05, 3.63) is 60.2 Å². The summed E-state index contributed by atoms with van der Waals surface area (Å²) in [4.78, 5) is 23.8. The van der Waals surface area contributed by atoms with Gasteiger partial charge in [-0.1, -0.05) is 42.5 Å². The zero-order valence-electron chi connectivity index (χ0n) is 13.9. The molecule has 0 bridgehead atoms. The fourth-order valence-electron chi connectivity index (χ4n) is 2.11. The predicted molar refractivity (Wildman–Crippen MR) is 94.9 cm³/mol. The summed E-state index contributed by atoms with van der Waals surface area (Å²) in [6.45, 7) is 0.223. The molecule has 2 aromatic carbocycles. The van der Waals surface area contributed by atoms with Crippen LogP contribution in [0.25, 0.3) is 0 Å². The van der Waals surface area contributed by atoms with Crippen LogP contribution in [0.15, 0.2) is 54.6 Å². The lowest BCUT2D eigenvalue weighted by Gasteiger charge is -2.18. The molecule has 2 rings (SSSR count). The topological polar surface area (TPSA) is 103 Å². The third-order valence-electron chi connectivity index (χ3n) is 3.45. The molecule has 7 heteroatoms. The highest BCUT2D eigenvalue weighted by atomic mass is 16.6. The molecule has 0 fully saturated rings. The van der Waals surface area contributed by atoms with E-state index in [1.807, 2.05) is 36.4 Å². The van der Waals surface area contributed by atoms with Gasteiger partial charge in [-0.15, -0.1) is 0 Å².